The van der Waals surface area contributed by atoms with Gasteiger partial charge in [-0.25, -0.2) is 57.5 Å². The monoisotopic (exact) mass is 1430 g/mol. The maximum absolute atomic E-state index is 12.0. The SMILES string of the molecule is C=C(C)C(=O)OCCOC(=O)c1ccccc1C(=O)CC(C)O.C=C(C)C(=O)OCCOC(=O)c1ccccc1C(=O)O.C=CC(=O)OCC(=O)c1ccccc1C(=O)O.C=CC(=O)OCCOC(=O)c1ccccc1C(=O)CC(C)O.C=CC(=O)OCCOC(=O)c1ccccc1C(=O)OCO. The van der Waals surface area contributed by atoms with Crippen molar-refractivity contribution in [3.8, 4) is 0 Å². The second kappa shape index (κ2) is 48.9. The van der Waals surface area contributed by atoms with Crippen LogP contribution < -0.4 is 0 Å². The van der Waals surface area contributed by atoms with E-state index in [1.807, 2.05) is 0 Å². The molecule has 0 spiro atoms. The van der Waals surface area contributed by atoms with E-state index < -0.39 is 103 Å². The first-order chi connectivity index (χ1) is 48.9. The van der Waals surface area contributed by atoms with Gasteiger partial charge in [-0.05, 0) is 70.2 Å². The van der Waals surface area contributed by atoms with Crippen LogP contribution in [0.3, 0.4) is 0 Å². The molecule has 5 rings (SSSR count). The number of aliphatic hydroxyl groups is 3. The molecule has 103 heavy (non-hydrogen) atoms. The van der Waals surface area contributed by atoms with Crippen LogP contribution in [-0.2, 0) is 71.3 Å². The quantitative estimate of drug-likeness (QED) is 0.00685. The largest absolute Gasteiger partial charge is 0.478 e. The van der Waals surface area contributed by atoms with Gasteiger partial charge in [0.2, 0.25) is 5.78 Å². The lowest BCUT2D eigenvalue weighted by Gasteiger charge is -2.10. The molecule has 0 bridgehead atoms. The van der Waals surface area contributed by atoms with Gasteiger partial charge in [-0.2, -0.15) is 0 Å². The Morgan fingerprint density at radius 2 is 0.563 bits per heavy atom. The topological polar surface area (TPSA) is 450 Å². The fourth-order valence-corrected chi connectivity index (χ4v) is 7.34. The minimum atomic E-state index is -1.22. The van der Waals surface area contributed by atoms with Crippen molar-refractivity contribution in [3.63, 3.8) is 0 Å². The first-order valence-electron chi connectivity index (χ1n) is 30.2. The van der Waals surface area contributed by atoms with E-state index in [1.165, 1.54) is 119 Å². The summed E-state index contributed by atoms with van der Waals surface area (Å²) < 4.78 is 47.5. The molecule has 0 aromatic heterocycles. The van der Waals surface area contributed by atoms with Gasteiger partial charge in [-0.1, -0.05) is 112 Å². The summed E-state index contributed by atoms with van der Waals surface area (Å²) in [6.45, 7) is 20.1. The third-order valence-corrected chi connectivity index (χ3v) is 12.0. The summed E-state index contributed by atoms with van der Waals surface area (Å²) in [5.41, 5.74) is 0.775. The van der Waals surface area contributed by atoms with E-state index in [0.29, 0.717) is 0 Å². The van der Waals surface area contributed by atoms with Gasteiger partial charge in [-0.15, -0.1) is 0 Å². The van der Waals surface area contributed by atoms with E-state index in [2.05, 4.69) is 51.8 Å². The minimum Gasteiger partial charge on any atom is -0.478 e. The van der Waals surface area contributed by atoms with E-state index >= 15 is 0 Å². The molecule has 548 valence electrons. The number of aromatic carboxylic acids is 2. The third kappa shape index (κ3) is 34.6. The first kappa shape index (κ1) is 88.3. The summed E-state index contributed by atoms with van der Waals surface area (Å²) in [6.07, 6.45) is 1.16. The summed E-state index contributed by atoms with van der Waals surface area (Å²) in [5, 5.41) is 44.9. The molecule has 5 aromatic rings. The molecule has 5 N–H and O–H groups in total. The first-order valence-corrected chi connectivity index (χ1v) is 30.2. The second-order valence-corrected chi connectivity index (χ2v) is 20.2. The van der Waals surface area contributed by atoms with Crippen molar-refractivity contribution in [3.05, 3.63) is 239 Å². The summed E-state index contributed by atoms with van der Waals surface area (Å²) in [5.74, 6) is -10.6. The molecule has 5 aromatic carbocycles. The van der Waals surface area contributed by atoms with E-state index in [1.54, 1.807) is 30.3 Å². The van der Waals surface area contributed by atoms with Crippen molar-refractivity contribution >= 4 is 89.0 Å². The van der Waals surface area contributed by atoms with Gasteiger partial charge in [0.1, 0.15) is 52.9 Å². The van der Waals surface area contributed by atoms with Crippen molar-refractivity contribution < 1.29 is 145 Å². The lowest BCUT2D eigenvalue weighted by atomic mass is 10.00. The Bertz CT molecular complexity index is 3870. The van der Waals surface area contributed by atoms with E-state index in [9.17, 15) is 82.1 Å². The summed E-state index contributed by atoms with van der Waals surface area (Å²) in [7, 11) is 0. The number of carboxylic acid groups (broad SMARTS) is 2. The number of ether oxygens (including phenoxy) is 10. The number of carbonyl (C=O) groups excluding carboxylic acids is 13. The highest BCUT2D eigenvalue weighted by Gasteiger charge is 2.23. The van der Waals surface area contributed by atoms with Crippen molar-refractivity contribution in [1.82, 2.24) is 0 Å². The van der Waals surface area contributed by atoms with Crippen LogP contribution in [-0.4, -0.2) is 193 Å². The fraction of sp³-hybridized carbons (Fsp3) is 0.247. The molecule has 0 heterocycles. The molecule has 30 heteroatoms. The highest BCUT2D eigenvalue weighted by molar-refractivity contribution is 6.09. The Labute approximate surface area is 589 Å². The van der Waals surface area contributed by atoms with Crippen LogP contribution in [0.5, 0.6) is 0 Å². The summed E-state index contributed by atoms with van der Waals surface area (Å²) >= 11 is 0. The van der Waals surface area contributed by atoms with Crippen LogP contribution in [0.1, 0.15) is 144 Å². The zero-order chi connectivity index (χ0) is 77.6. The number of hydrogen-bond acceptors (Lipinski definition) is 28. The lowest BCUT2D eigenvalue weighted by Crippen LogP contribution is -2.18. The van der Waals surface area contributed by atoms with Crippen LogP contribution in [0.2, 0.25) is 0 Å². The Morgan fingerprint density at radius 3 is 0.835 bits per heavy atom. The zero-order valence-corrected chi connectivity index (χ0v) is 56.4. The van der Waals surface area contributed by atoms with E-state index in [-0.39, 0.29) is 144 Å². The number of Topliss-reactive ketones (excluding diaryl/α,β-unsaturated/α-hetero) is 3. The number of rotatable bonds is 34. The zero-order valence-electron chi connectivity index (χ0n) is 56.4. The predicted octanol–water partition coefficient (Wildman–Crippen LogP) is 7.08. The van der Waals surface area contributed by atoms with Gasteiger partial charge in [0.15, 0.2) is 25.0 Å². The molecule has 0 radical (unpaired) electrons. The van der Waals surface area contributed by atoms with Gasteiger partial charge >= 0.3 is 71.6 Å². The van der Waals surface area contributed by atoms with Crippen molar-refractivity contribution in [2.45, 2.75) is 52.7 Å². The minimum absolute atomic E-state index is 0.00834. The van der Waals surface area contributed by atoms with Crippen molar-refractivity contribution in [2.24, 2.45) is 0 Å². The molecule has 0 saturated carbocycles. The average molecular weight is 1430 g/mol. The van der Waals surface area contributed by atoms with Crippen LogP contribution in [0.15, 0.2) is 184 Å². The van der Waals surface area contributed by atoms with E-state index in [0.717, 1.165) is 18.2 Å². The van der Waals surface area contributed by atoms with Crippen molar-refractivity contribution in [1.29, 1.82) is 0 Å². The van der Waals surface area contributed by atoms with Gasteiger partial charge in [-0.3, -0.25) is 14.4 Å². The van der Waals surface area contributed by atoms with Crippen LogP contribution in [0.25, 0.3) is 0 Å². The number of carboxylic acids is 2. The average Bonchev–Trinajstić information content (AvgIpc) is 0.870. The third-order valence-electron chi connectivity index (χ3n) is 12.0. The maximum Gasteiger partial charge on any atom is 0.341 e. The molecular weight excluding hydrogens is 1360 g/mol. The number of hydrogen-bond donors (Lipinski definition) is 5. The Balaban J connectivity index is 0.000000646. The Hall–Kier alpha value is -12.7. The molecule has 2 unspecified atom stereocenters. The summed E-state index contributed by atoms with van der Waals surface area (Å²) in [6, 6.07) is 29.7. The van der Waals surface area contributed by atoms with Gasteiger partial charge in [0.05, 0.1) is 51.2 Å². The molecule has 0 aliphatic carbocycles. The number of benzene rings is 5. The molecule has 0 fully saturated rings. The Morgan fingerprint density at radius 1 is 0.340 bits per heavy atom. The van der Waals surface area contributed by atoms with Gasteiger partial charge < -0.3 is 72.9 Å². The molecule has 0 aliphatic heterocycles. The molecular formula is C73H76O30. The number of aliphatic hydroxyl groups excluding tert-OH is 3. The summed E-state index contributed by atoms with van der Waals surface area (Å²) in [4.78, 5) is 171. The molecule has 2 atom stereocenters. The molecule has 0 amide bonds. The van der Waals surface area contributed by atoms with E-state index in [4.69, 9.17) is 43.7 Å². The normalized spacial score (nSPS) is 10.4. The lowest BCUT2D eigenvalue weighted by molar-refractivity contribution is -0.140. The van der Waals surface area contributed by atoms with Crippen LogP contribution in [0, 0.1) is 0 Å². The second-order valence-electron chi connectivity index (χ2n) is 20.2. The van der Waals surface area contributed by atoms with Gasteiger partial charge in [0, 0.05) is 58.9 Å². The highest BCUT2D eigenvalue weighted by Crippen LogP contribution is 2.18. The van der Waals surface area contributed by atoms with Crippen LogP contribution in [0.4, 0.5) is 0 Å². The Kier molecular flexibility index (Phi) is 42.0. The smallest absolute Gasteiger partial charge is 0.341 e. The maximum atomic E-state index is 12.0. The number of esters is 10. The number of ketones is 3. The standard InChI is InChI=1S/C17H20O6.C16H18O6.C14H14O7.C14H14O6.C12H10O5/c1-11(2)16(20)22-8-9-23-17(21)14-7-5-4-6-13(14)15(19)10-12(3)18;1-3-15(19)21-8-9-22-16(20)13-7-5-4-6-12(13)14(18)10-11(2)17;1-2-12(16)19-7-8-20-13(17)10-5-3-4-6-11(10)14(18)21-9-15;1-9(2)13(17)19-7-8-20-14(18)11-6-4-3-5-10(11)12(15)16;1-2-11(14)17-7-10(13)8-5-3-4-6-9(8)12(15)16/h4-7,12,18H,1,8-10H2,2-3H3;3-7,11,17H,1,8-10H2,2H3;2-6,15H,1,7-9H2;3-6H,1,7-8H2,2H3,(H,15,16);2-6H,1,7H2,(H,15,16). The molecule has 0 aliphatic rings. The van der Waals surface area contributed by atoms with Crippen LogP contribution >= 0.6 is 0 Å². The molecule has 30 nitrogen and oxygen atoms in total. The fourth-order valence-electron chi connectivity index (χ4n) is 7.34. The predicted molar refractivity (Wildman–Crippen MR) is 360 cm³/mol. The van der Waals surface area contributed by atoms with Gasteiger partial charge in [0.25, 0.3) is 0 Å². The molecule has 0 saturated heterocycles. The van der Waals surface area contributed by atoms with Crippen molar-refractivity contribution in [2.75, 3.05) is 66.3 Å². The number of carbonyl (C=O) groups is 15. The highest BCUT2D eigenvalue weighted by atomic mass is 16.6.